The molecule has 2 rings (SSSR count). The average molecular weight is 289 g/mol. The Bertz CT molecular complexity index is 574. The van der Waals surface area contributed by atoms with Crippen molar-refractivity contribution in [2.24, 2.45) is 0 Å². The van der Waals surface area contributed by atoms with E-state index >= 15 is 0 Å². The number of carbonyl (C=O) groups excluding carboxylic acids is 1. The molecule has 19 heavy (non-hydrogen) atoms. The van der Waals surface area contributed by atoms with Crippen molar-refractivity contribution in [2.45, 2.75) is 6.18 Å². The van der Waals surface area contributed by atoms with Gasteiger partial charge >= 0.3 is 12.1 Å². The zero-order valence-electron chi connectivity index (χ0n) is 9.50. The highest BCUT2D eigenvalue weighted by atomic mass is 35.5. The summed E-state index contributed by atoms with van der Waals surface area (Å²) in [7, 11) is 0. The molecule has 0 bridgehead atoms. The maximum Gasteiger partial charge on any atom is 0.417 e. The van der Waals surface area contributed by atoms with Gasteiger partial charge < -0.3 is 4.74 Å². The molecule has 0 atom stereocenters. The summed E-state index contributed by atoms with van der Waals surface area (Å²) in [6, 6.07) is 3.45. The predicted octanol–water partition coefficient (Wildman–Crippen LogP) is 3.86. The molecule has 1 aromatic rings. The van der Waals surface area contributed by atoms with E-state index in [1.807, 2.05) is 0 Å². The largest absolute Gasteiger partial charge is 0.458 e. The van der Waals surface area contributed by atoms with Crippen molar-refractivity contribution in [2.75, 3.05) is 6.61 Å². The third-order valence-electron chi connectivity index (χ3n) is 2.47. The first-order chi connectivity index (χ1) is 8.86. The number of esters is 1. The fraction of sp³-hybridized carbons (Fsp3) is 0.154. The molecule has 1 aliphatic heterocycles. The molecule has 1 aliphatic rings. The van der Waals surface area contributed by atoms with Crippen LogP contribution in [-0.2, 0) is 15.7 Å². The number of carbonyl (C=O) groups is 1. The van der Waals surface area contributed by atoms with E-state index in [-0.39, 0.29) is 11.6 Å². The molecule has 1 heterocycles. The van der Waals surface area contributed by atoms with Crippen LogP contribution in [0.1, 0.15) is 11.1 Å². The first-order valence-corrected chi connectivity index (χ1v) is 5.66. The molecule has 1 aromatic carbocycles. The SMILES string of the molecule is O=C1C=C(/C=C\c2ccc(C(F)(F)F)c(Cl)c2)CO1. The predicted molar refractivity (Wildman–Crippen MR) is 64.5 cm³/mol. The van der Waals surface area contributed by atoms with Crippen LogP contribution in [0.5, 0.6) is 0 Å². The van der Waals surface area contributed by atoms with E-state index in [9.17, 15) is 18.0 Å². The van der Waals surface area contributed by atoms with Crippen molar-refractivity contribution in [3.05, 3.63) is 52.1 Å². The third-order valence-corrected chi connectivity index (χ3v) is 2.79. The average Bonchev–Trinajstić information content (AvgIpc) is 2.71. The van der Waals surface area contributed by atoms with Crippen LogP contribution in [0.15, 0.2) is 35.9 Å². The van der Waals surface area contributed by atoms with Crippen LogP contribution in [-0.4, -0.2) is 12.6 Å². The smallest absolute Gasteiger partial charge is 0.417 e. The Kier molecular flexibility index (Phi) is 3.66. The second kappa shape index (κ2) is 5.09. The summed E-state index contributed by atoms with van der Waals surface area (Å²) in [4.78, 5) is 10.8. The van der Waals surface area contributed by atoms with Gasteiger partial charge in [-0.3, -0.25) is 0 Å². The summed E-state index contributed by atoms with van der Waals surface area (Å²) >= 11 is 5.59. The zero-order valence-corrected chi connectivity index (χ0v) is 10.3. The molecular weight excluding hydrogens is 281 g/mol. The highest BCUT2D eigenvalue weighted by Crippen LogP contribution is 2.35. The van der Waals surface area contributed by atoms with E-state index in [2.05, 4.69) is 4.74 Å². The molecule has 0 amide bonds. The van der Waals surface area contributed by atoms with Gasteiger partial charge in [0.25, 0.3) is 0 Å². The number of hydrogen-bond acceptors (Lipinski definition) is 2. The molecule has 6 heteroatoms. The van der Waals surface area contributed by atoms with Gasteiger partial charge in [0.15, 0.2) is 0 Å². The highest BCUT2D eigenvalue weighted by molar-refractivity contribution is 6.31. The van der Waals surface area contributed by atoms with Gasteiger partial charge in [-0.1, -0.05) is 29.8 Å². The number of rotatable bonds is 2. The fourth-order valence-electron chi connectivity index (χ4n) is 1.55. The van der Waals surface area contributed by atoms with Crippen LogP contribution < -0.4 is 0 Å². The number of ether oxygens (including phenoxy) is 1. The van der Waals surface area contributed by atoms with Crippen molar-refractivity contribution in [3.63, 3.8) is 0 Å². The number of cyclic esters (lactones) is 1. The van der Waals surface area contributed by atoms with E-state index in [0.717, 1.165) is 6.07 Å². The molecule has 0 unspecified atom stereocenters. The van der Waals surface area contributed by atoms with Crippen molar-refractivity contribution < 1.29 is 22.7 Å². The summed E-state index contributed by atoms with van der Waals surface area (Å²) in [5.74, 6) is -0.426. The lowest BCUT2D eigenvalue weighted by Crippen LogP contribution is -2.05. The maximum absolute atomic E-state index is 12.5. The summed E-state index contributed by atoms with van der Waals surface area (Å²) in [5, 5.41) is -0.359. The van der Waals surface area contributed by atoms with Gasteiger partial charge in [0.2, 0.25) is 0 Å². The summed E-state index contributed by atoms with van der Waals surface area (Å²) in [6.45, 7) is 0.170. The Morgan fingerprint density at radius 3 is 2.53 bits per heavy atom. The Labute approximate surface area is 112 Å². The second-order valence-corrected chi connectivity index (χ2v) is 4.30. The van der Waals surface area contributed by atoms with Gasteiger partial charge in [0, 0.05) is 6.08 Å². The normalized spacial score (nSPS) is 15.8. The Morgan fingerprint density at radius 1 is 1.26 bits per heavy atom. The highest BCUT2D eigenvalue weighted by Gasteiger charge is 2.32. The molecule has 0 saturated carbocycles. The molecule has 0 saturated heterocycles. The Morgan fingerprint density at radius 2 is 2.00 bits per heavy atom. The van der Waals surface area contributed by atoms with Crippen LogP contribution in [0.2, 0.25) is 5.02 Å². The van der Waals surface area contributed by atoms with Gasteiger partial charge in [-0.15, -0.1) is 0 Å². The van der Waals surface area contributed by atoms with Crippen LogP contribution in [0.25, 0.3) is 6.08 Å². The quantitative estimate of drug-likeness (QED) is 0.773. The van der Waals surface area contributed by atoms with Gasteiger partial charge in [0.1, 0.15) is 6.61 Å². The molecule has 0 aromatic heterocycles. The minimum atomic E-state index is -4.46. The maximum atomic E-state index is 12.5. The minimum Gasteiger partial charge on any atom is -0.458 e. The van der Waals surface area contributed by atoms with Crippen molar-refractivity contribution in [1.82, 2.24) is 0 Å². The number of hydrogen-bond donors (Lipinski definition) is 0. The van der Waals surface area contributed by atoms with E-state index in [1.165, 1.54) is 18.2 Å². The number of alkyl halides is 3. The van der Waals surface area contributed by atoms with Gasteiger partial charge in [-0.05, 0) is 23.3 Å². The first-order valence-electron chi connectivity index (χ1n) is 5.28. The summed E-state index contributed by atoms with van der Waals surface area (Å²) in [5.41, 5.74) is 0.296. The number of halogens is 4. The zero-order chi connectivity index (χ0) is 14.0. The van der Waals surface area contributed by atoms with Crippen molar-refractivity contribution >= 4 is 23.6 Å². The summed E-state index contributed by atoms with van der Waals surface area (Å²) < 4.78 is 42.2. The lowest BCUT2D eigenvalue weighted by Gasteiger charge is -2.08. The van der Waals surface area contributed by atoms with E-state index in [4.69, 9.17) is 11.6 Å². The Hall–Kier alpha value is -1.75. The lowest BCUT2D eigenvalue weighted by atomic mass is 10.1. The van der Waals surface area contributed by atoms with Crippen molar-refractivity contribution in [3.8, 4) is 0 Å². The molecule has 0 aliphatic carbocycles. The van der Waals surface area contributed by atoms with Crippen LogP contribution in [0, 0.1) is 0 Å². The van der Waals surface area contributed by atoms with E-state index < -0.39 is 17.7 Å². The molecule has 0 spiro atoms. The van der Waals surface area contributed by atoms with Crippen molar-refractivity contribution in [1.29, 1.82) is 0 Å². The van der Waals surface area contributed by atoms with Gasteiger partial charge in [-0.2, -0.15) is 13.2 Å². The monoisotopic (exact) mass is 288 g/mol. The first kappa shape index (κ1) is 13.7. The Balaban J connectivity index is 2.19. The topological polar surface area (TPSA) is 26.3 Å². The second-order valence-electron chi connectivity index (χ2n) is 3.90. The van der Waals surface area contributed by atoms with Crippen LogP contribution >= 0.6 is 11.6 Å². The molecule has 0 fully saturated rings. The molecular formula is C13H8ClF3O2. The van der Waals surface area contributed by atoms with E-state index in [0.29, 0.717) is 11.1 Å². The van der Waals surface area contributed by atoms with Crippen LogP contribution in [0.4, 0.5) is 13.2 Å². The summed E-state index contributed by atoms with van der Waals surface area (Å²) in [6.07, 6.45) is 0.0272. The number of benzene rings is 1. The molecule has 0 radical (unpaired) electrons. The van der Waals surface area contributed by atoms with E-state index in [1.54, 1.807) is 12.2 Å². The van der Waals surface area contributed by atoms with Crippen LogP contribution in [0.3, 0.4) is 0 Å². The molecule has 100 valence electrons. The third kappa shape index (κ3) is 3.38. The van der Waals surface area contributed by atoms with Gasteiger partial charge in [-0.25, -0.2) is 4.79 Å². The molecule has 2 nitrogen and oxygen atoms in total. The van der Waals surface area contributed by atoms with Gasteiger partial charge in [0.05, 0.1) is 10.6 Å². The standard InChI is InChI=1S/C13H8ClF3O2/c14-11-5-8(3-4-10(11)13(15,16)17)1-2-9-6-12(18)19-7-9/h1-6H,7H2/b2-1-. The minimum absolute atomic E-state index is 0.170. The molecule has 0 N–H and O–H groups in total. The fourth-order valence-corrected chi connectivity index (χ4v) is 1.85. The lowest BCUT2D eigenvalue weighted by molar-refractivity contribution is -0.137.